The highest BCUT2D eigenvalue weighted by molar-refractivity contribution is 8.00. The second-order valence-corrected chi connectivity index (χ2v) is 9.73. The molecule has 1 amide bonds. The van der Waals surface area contributed by atoms with Gasteiger partial charge in [-0.05, 0) is 31.2 Å². The standard InChI is InChI=1S/C20H21N3O3S2/c1-16(27-18-8-3-2-4-9-18)20(24)22-11-13-23(14-12-22)28(25,26)19-10-6-5-7-17(19)15-21/h2-10,16H,11-14H2,1H3/t16-/m1/s1. The van der Waals surface area contributed by atoms with Crippen molar-refractivity contribution in [3.63, 3.8) is 0 Å². The van der Waals surface area contributed by atoms with Crippen LogP contribution in [0.4, 0.5) is 0 Å². The van der Waals surface area contributed by atoms with Crippen LogP contribution in [0, 0.1) is 11.3 Å². The first-order valence-corrected chi connectivity index (χ1v) is 11.2. The lowest BCUT2D eigenvalue weighted by molar-refractivity contribution is -0.131. The second kappa shape index (κ2) is 8.78. The number of rotatable bonds is 5. The lowest BCUT2D eigenvalue weighted by atomic mass is 10.2. The molecule has 0 N–H and O–H groups in total. The summed E-state index contributed by atoms with van der Waals surface area (Å²) in [6.07, 6.45) is 0. The van der Waals surface area contributed by atoms with Crippen LogP contribution in [-0.2, 0) is 14.8 Å². The molecule has 1 fully saturated rings. The highest BCUT2D eigenvalue weighted by Crippen LogP contribution is 2.25. The van der Waals surface area contributed by atoms with E-state index in [9.17, 15) is 18.5 Å². The second-order valence-electron chi connectivity index (χ2n) is 6.41. The fraction of sp³-hybridized carbons (Fsp3) is 0.300. The van der Waals surface area contributed by atoms with Crippen LogP contribution >= 0.6 is 11.8 Å². The molecule has 0 unspecified atom stereocenters. The molecular weight excluding hydrogens is 394 g/mol. The van der Waals surface area contributed by atoms with Gasteiger partial charge < -0.3 is 4.90 Å². The van der Waals surface area contributed by atoms with E-state index in [2.05, 4.69) is 0 Å². The molecule has 0 aliphatic carbocycles. The molecule has 1 saturated heterocycles. The lowest BCUT2D eigenvalue weighted by Crippen LogP contribution is -2.52. The van der Waals surface area contributed by atoms with Crippen LogP contribution in [0.2, 0.25) is 0 Å². The Bertz CT molecular complexity index is 979. The molecule has 1 aliphatic heterocycles. The Hall–Kier alpha value is -2.34. The summed E-state index contributed by atoms with van der Waals surface area (Å²) in [5.41, 5.74) is 0.133. The summed E-state index contributed by atoms with van der Waals surface area (Å²) in [4.78, 5) is 15.5. The number of hydrogen-bond donors (Lipinski definition) is 0. The molecule has 0 radical (unpaired) electrons. The molecule has 1 aliphatic rings. The van der Waals surface area contributed by atoms with Crippen molar-refractivity contribution in [3.8, 4) is 6.07 Å². The van der Waals surface area contributed by atoms with Crippen molar-refractivity contribution in [1.29, 1.82) is 5.26 Å². The molecule has 28 heavy (non-hydrogen) atoms. The molecule has 0 spiro atoms. The fourth-order valence-electron chi connectivity index (χ4n) is 3.08. The van der Waals surface area contributed by atoms with Gasteiger partial charge in [0.05, 0.1) is 15.7 Å². The van der Waals surface area contributed by atoms with Gasteiger partial charge in [-0.3, -0.25) is 4.79 Å². The van der Waals surface area contributed by atoms with E-state index in [-0.39, 0.29) is 34.7 Å². The van der Waals surface area contributed by atoms with Gasteiger partial charge in [0.2, 0.25) is 15.9 Å². The maximum atomic E-state index is 12.9. The van der Waals surface area contributed by atoms with E-state index in [0.717, 1.165) is 4.90 Å². The molecule has 1 heterocycles. The average Bonchev–Trinajstić information content (AvgIpc) is 2.74. The molecule has 3 rings (SSSR count). The van der Waals surface area contributed by atoms with Crippen LogP contribution in [0.1, 0.15) is 12.5 Å². The normalized spacial score (nSPS) is 16.4. The van der Waals surface area contributed by atoms with Gasteiger partial charge >= 0.3 is 0 Å². The predicted molar refractivity (Wildman–Crippen MR) is 108 cm³/mol. The summed E-state index contributed by atoms with van der Waals surface area (Å²) >= 11 is 1.49. The summed E-state index contributed by atoms with van der Waals surface area (Å²) in [5.74, 6) is 0.00308. The zero-order chi connectivity index (χ0) is 20.1. The van der Waals surface area contributed by atoms with Gasteiger partial charge in [0, 0.05) is 31.1 Å². The average molecular weight is 416 g/mol. The summed E-state index contributed by atoms with van der Waals surface area (Å²) in [5, 5.41) is 8.94. The summed E-state index contributed by atoms with van der Waals surface area (Å²) < 4.78 is 27.1. The number of hydrogen-bond acceptors (Lipinski definition) is 5. The van der Waals surface area contributed by atoms with Crippen LogP contribution in [0.25, 0.3) is 0 Å². The third-order valence-corrected chi connectivity index (χ3v) is 7.64. The Morgan fingerprint density at radius 2 is 1.64 bits per heavy atom. The van der Waals surface area contributed by atoms with E-state index in [0.29, 0.717) is 13.1 Å². The van der Waals surface area contributed by atoms with Crippen LogP contribution in [0.5, 0.6) is 0 Å². The first-order valence-electron chi connectivity index (χ1n) is 8.93. The molecule has 0 bridgehead atoms. The van der Waals surface area contributed by atoms with E-state index in [1.165, 1.54) is 28.2 Å². The largest absolute Gasteiger partial charge is 0.339 e. The van der Waals surface area contributed by atoms with Crippen molar-refractivity contribution in [1.82, 2.24) is 9.21 Å². The van der Waals surface area contributed by atoms with Gasteiger partial charge in [-0.2, -0.15) is 9.57 Å². The minimum atomic E-state index is -3.76. The van der Waals surface area contributed by atoms with Gasteiger partial charge in [0.15, 0.2) is 0 Å². The highest BCUT2D eigenvalue weighted by atomic mass is 32.2. The summed E-state index contributed by atoms with van der Waals surface area (Å²) in [7, 11) is -3.76. The molecule has 0 aromatic heterocycles. The van der Waals surface area contributed by atoms with Crippen LogP contribution in [0.15, 0.2) is 64.4 Å². The first-order chi connectivity index (χ1) is 13.4. The number of piperazine rings is 1. The molecule has 1 atom stereocenters. The Labute approximate surface area is 169 Å². The minimum Gasteiger partial charge on any atom is -0.339 e. The van der Waals surface area contributed by atoms with Crippen molar-refractivity contribution in [2.45, 2.75) is 22.0 Å². The number of carbonyl (C=O) groups excluding carboxylic acids is 1. The number of amides is 1. The molecule has 146 valence electrons. The van der Waals surface area contributed by atoms with Gasteiger partial charge in [-0.1, -0.05) is 30.3 Å². The first kappa shape index (κ1) is 20.4. The van der Waals surface area contributed by atoms with Crippen molar-refractivity contribution in [2.24, 2.45) is 0 Å². The summed E-state index contributed by atoms with van der Waals surface area (Å²) in [6.45, 7) is 2.98. The van der Waals surface area contributed by atoms with Gasteiger partial charge in [-0.15, -0.1) is 11.8 Å². The maximum absolute atomic E-state index is 12.9. The highest BCUT2D eigenvalue weighted by Gasteiger charge is 2.32. The monoisotopic (exact) mass is 415 g/mol. The zero-order valence-corrected chi connectivity index (χ0v) is 17.1. The van der Waals surface area contributed by atoms with Crippen molar-refractivity contribution < 1.29 is 13.2 Å². The van der Waals surface area contributed by atoms with Gasteiger partial charge in [0.1, 0.15) is 6.07 Å². The van der Waals surface area contributed by atoms with Crippen molar-refractivity contribution >= 4 is 27.7 Å². The van der Waals surface area contributed by atoms with E-state index < -0.39 is 10.0 Å². The molecule has 6 nitrogen and oxygen atoms in total. The number of carbonyl (C=O) groups is 1. The van der Waals surface area contributed by atoms with Gasteiger partial charge in [0.25, 0.3) is 0 Å². The van der Waals surface area contributed by atoms with E-state index in [1.807, 2.05) is 43.3 Å². The third kappa shape index (κ3) is 4.38. The van der Waals surface area contributed by atoms with Crippen molar-refractivity contribution in [3.05, 3.63) is 60.2 Å². The molecule has 2 aromatic carbocycles. The summed E-state index contributed by atoms with van der Waals surface area (Å²) in [6, 6.07) is 17.8. The Morgan fingerprint density at radius 3 is 2.29 bits per heavy atom. The molecule has 8 heteroatoms. The molecule has 0 saturated carbocycles. The number of benzene rings is 2. The van der Waals surface area contributed by atoms with E-state index in [1.54, 1.807) is 17.0 Å². The van der Waals surface area contributed by atoms with Crippen LogP contribution < -0.4 is 0 Å². The number of sulfonamides is 1. The maximum Gasteiger partial charge on any atom is 0.244 e. The van der Waals surface area contributed by atoms with Crippen LogP contribution in [-0.4, -0.2) is 55.0 Å². The minimum absolute atomic E-state index is 0.00308. The van der Waals surface area contributed by atoms with Gasteiger partial charge in [-0.25, -0.2) is 8.42 Å². The Balaban J connectivity index is 1.64. The predicted octanol–water partition coefficient (Wildman–Crippen LogP) is 2.57. The van der Waals surface area contributed by atoms with E-state index >= 15 is 0 Å². The Morgan fingerprint density at radius 1 is 1.04 bits per heavy atom. The van der Waals surface area contributed by atoms with Crippen LogP contribution in [0.3, 0.4) is 0 Å². The SMILES string of the molecule is C[C@@H](Sc1ccccc1)C(=O)N1CCN(S(=O)(=O)c2ccccc2C#N)CC1. The third-order valence-electron chi connectivity index (χ3n) is 4.58. The smallest absolute Gasteiger partial charge is 0.244 e. The topological polar surface area (TPSA) is 81.5 Å². The fourth-order valence-corrected chi connectivity index (χ4v) is 5.62. The lowest BCUT2D eigenvalue weighted by Gasteiger charge is -2.35. The van der Waals surface area contributed by atoms with Crippen molar-refractivity contribution in [2.75, 3.05) is 26.2 Å². The quantitative estimate of drug-likeness (QED) is 0.701. The molecular formula is C20H21N3O3S2. The van der Waals surface area contributed by atoms with E-state index in [4.69, 9.17) is 0 Å². The number of nitriles is 1. The Kier molecular flexibility index (Phi) is 6.39. The number of thioether (sulfide) groups is 1. The molecule has 2 aromatic rings. The zero-order valence-electron chi connectivity index (χ0n) is 15.5. The number of nitrogens with zero attached hydrogens (tertiary/aromatic N) is 3.